The van der Waals surface area contributed by atoms with Crippen LogP contribution >= 0.6 is 0 Å². The van der Waals surface area contributed by atoms with E-state index in [0.717, 1.165) is 42.9 Å². The zero-order valence-corrected chi connectivity index (χ0v) is 12.1. The fourth-order valence-corrected chi connectivity index (χ4v) is 3.07. The molecule has 4 nitrogen and oxygen atoms in total. The summed E-state index contributed by atoms with van der Waals surface area (Å²) in [5.74, 6) is 0.360. The SMILES string of the molecule is CCn1c(C)cc(C(=O)N2CCCC(CO)C2)c1C. The van der Waals surface area contributed by atoms with E-state index in [0.29, 0.717) is 6.54 Å². The second kappa shape index (κ2) is 5.78. The van der Waals surface area contributed by atoms with Crippen molar-refractivity contribution >= 4 is 5.91 Å². The first-order chi connectivity index (χ1) is 9.08. The van der Waals surface area contributed by atoms with Gasteiger partial charge in [0.2, 0.25) is 0 Å². The maximum absolute atomic E-state index is 12.6. The minimum absolute atomic E-state index is 0.117. The lowest BCUT2D eigenvalue weighted by atomic mass is 9.98. The van der Waals surface area contributed by atoms with E-state index in [-0.39, 0.29) is 18.4 Å². The smallest absolute Gasteiger partial charge is 0.255 e. The van der Waals surface area contributed by atoms with Crippen LogP contribution in [0.2, 0.25) is 0 Å². The Bertz CT molecular complexity index is 465. The molecule has 4 heteroatoms. The topological polar surface area (TPSA) is 45.5 Å². The lowest BCUT2D eigenvalue weighted by Gasteiger charge is -2.31. The van der Waals surface area contributed by atoms with Crippen molar-refractivity contribution in [2.45, 2.75) is 40.2 Å². The number of aliphatic hydroxyl groups is 1. The Labute approximate surface area is 115 Å². The van der Waals surface area contributed by atoms with Crippen LogP contribution < -0.4 is 0 Å². The Morgan fingerprint density at radius 3 is 2.79 bits per heavy atom. The zero-order valence-electron chi connectivity index (χ0n) is 12.1. The van der Waals surface area contributed by atoms with Gasteiger partial charge in [-0.3, -0.25) is 4.79 Å². The Hall–Kier alpha value is -1.29. The molecule has 1 saturated heterocycles. The fraction of sp³-hybridized carbons (Fsp3) is 0.667. The summed E-state index contributed by atoms with van der Waals surface area (Å²) < 4.78 is 2.17. The zero-order chi connectivity index (χ0) is 14.0. The van der Waals surface area contributed by atoms with Gasteiger partial charge in [0, 0.05) is 37.6 Å². The molecule has 0 aromatic carbocycles. The number of amides is 1. The molecule has 0 radical (unpaired) electrons. The number of rotatable bonds is 3. The number of aliphatic hydroxyl groups excluding tert-OH is 1. The quantitative estimate of drug-likeness (QED) is 0.907. The van der Waals surface area contributed by atoms with E-state index in [4.69, 9.17) is 0 Å². The highest BCUT2D eigenvalue weighted by Gasteiger charge is 2.26. The molecule has 1 N–H and O–H groups in total. The summed E-state index contributed by atoms with van der Waals surface area (Å²) >= 11 is 0. The van der Waals surface area contributed by atoms with E-state index in [9.17, 15) is 9.90 Å². The van der Waals surface area contributed by atoms with Crippen molar-refractivity contribution in [2.75, 3.05) is 19.7 Å². The van der Waals surface area contributed by atoms with Crippen LogP contribution in [0.5, 0.6) is 0 Å². The van der Waals surface area contributed by atoms with Crippen molar-refractivity contribution in [3.8, 4) is 0 Å². The maximum Gasteiger partial charge on any atom is 0.255 e. The molecule has 2 heterocycles. The molecule has 19 heavy (non-hydrogen) atoms. The third-order valence-electron chi connectivity index (χ3n) is 4.18. The molecule has 1 fully saturated rings. The van der Waals surface area contributed by atoms with E-state index < -0.39 is 0 Å². The van der Waals surface area contributed by atoms with Crippen LogP contribution in [-0.4, -0.2) is 40.2 Å². The Morgan fingerprint density at radius 2 is 2.21 bits per heavy atom. The maximum atomic E-state index is 12.6. The lowest BCUT2D eigenvalue weighted by molar-refractivity contribution is 0.0620. The summed E-state index contributed by atoms with van der Waals surface area (Å²) in [5, 5.41) is 9.26. The van der Waals surface area contributed by atoms with E-state index in [1.165, 1.54) is 0 Å². The Morgan fingerprint density at radius 1 is 1.47 bits per heavy atom. The summed E-state index contributed by atoms with van der Waals surface area (Å²) in [6, 6.07) is 1.99. The molecular weight excluding hydrogens is 240 g/mol. The van der Waals surface area contributed by atoms with Crippen LogP contribution in [-0.2, 0) is 6.54 Å². The predicted octanol–water partition coefficient (Wildman–Crippen LogP) is 1.97. The Balaban J connectivity index is 2.19. The molecule has 1 aromatic heterocycles. The van der Waals surface area contributed by atoms with Gasteiger partial charge in [-0.15, -0.1) is 0 Å². The first-order valence-electron chi connectivity index (χ1n) is 7.15. The van der Waals surface area contributed by atoms with Gasteiger partial charge in [-0.25, -0.2) is 0 Å². The highest BCUT2D eigenvalue weighted by Crippen LogP contribution is 2.21. The van der Waals surface area contributed by atoms with Gasteiger partial charge in [-0.2, -0.15) is 0 Å². The molecule has 1 amide bonds. The molecule has 1 aliphatic heterocycles. The normalized spacial score (nSPS) is 19.8. The molecule has 106 valence electrons. The minimum Gasteiger partial charge on any atom is -0.396 e. The first kappa shape index (κ1) is 14.1. The van der Waals surface area contributed by atoms with Gasteiger partial charge < -0.3 is 14.6 Å². The number of hydrogen-bond acceptors (Lipinski definition) is 2. The second-order valence-electron chi connectivity index (χ2n) is 5.47. The van der Waals surface area contributed by atoms with Crippen molar-refractivity contribution in [1.29, 1.82) is 0 Å². The van der Waals surface area contributed by atoms with Gasteiger partial charge in [0.25, 0.3) is 5.91 Å². The monoisotopic (exact) mass is 264 g/mol. The van der Waals surface area contributed by atoms with Crippen molar-refractivity contribution < 1.29 is 9.90 Å². The van der Waals surface area contributed by atoms with E-state index in [2.05, 4.69) is 11.5 Å². The van der Waals surface area contributed by atoms with Crippen LogP contribution in [0.3, 0.4) is 0 Å². The number of carbonyl (C=O) groups is 1. The van der Waals surface area contributed by atoms with Crippen LogP contribution in [0.1, 0.15) is 41.5 Å². The van der Waals surface area contributed by atoms with Gasteiger partial charge in [-0.05, 0) is 45.6 Å². The number of piperidine rings is 1. The largest absolute Gasteiger partial charge is 0.396 e. The van der Waals surface area contributed by atoms with Crippen LogP contribution in [0, 0.1) is 19.8 Å². The first-order valence-corrected chi connectivity index (χ1v) is 7.15. The molecule has 1 aliphatic rings. The standard InChI is InChI=1S/C15H24N2O2/c1-4-17-11(2)8-14(12(17)3)15(19)16-7-5-6-13(9-16)10-18/h8,13,18H,4-7,9-10H2,1-3H3. The summed E-state index contributed by atoms with van der Waals surface area (Å²) in [6.45, 7) is 8.71. The third kappa shape index (κ3) is 2.68. The van der Waals surface area contributed by atoms with E-state index in [1.807, 2.05) is 24.8 Å². The van der Waals surface area contributed by atoms with Crippen molar-refractivity contribution in [1.82, 2.24) is 9.47 Å². The minimum atomic E-state index is 0.117. The number of likely N-dealkylation sites (tertiary alicyclic amines) is 1. The van der Waals surface area contributed by atoms with Crippen LogP contribution in [0.25, 0.3) is 0 Å². The number of hydrogen-bond donors (Lipinski definition) is 1. The fourth-order valence-electron chi connectivity index (χ4n) is 3.07. The molecule has 0 spiro atoms. The molecular formula is C15H24N2O2. The summed E-state index contributed by atoms with van der Waals surface area (Å²) in [5.41, 5.74) is 3.01. The lowest BCUT2D eigenvalue weighted by Crippen LogP contribution is -2.41. The molecule has 1 atom stereocenters. The average molecular weight is 264 g/mol. The third-order valence-corrected chi connectivity index (χ3v) is 4.18. The molecule has 1 aromatic rings. The van der Waals surface area contributed by atoms with Gasteiger partial charge in [-0.1, -0.05) is 0 Å². The molecule has 0 saturated carbocycles. The summed E-state index contributed by atoms with van der Waals surface area (Å²) in [7, 11) is 0. The highest BCUT2D eigenvalue weighted by molar-refractivity contribution is 5.95. The summed E-state index contributed by atoms with van der Waals surface area (Å²) in [6.07, 6.45) is 2.01. The van der Waals surface area contributed by atoms with Crippen LogP contribution in [0.15, 0.2) is 6.07 Å². The number of nitrogens with zero attached hydrogens (tertiary/aromatic N) is 2. The van der Waals surface area contributed by atoms with Gasteiger partial charge in [0.1, 0.15) is 0 Å². The summed E-state index contributed by atoms with van der Waals surface area (Å²) in [4.78, 5) is 14.5. The van der Waals surface area contributed by atoms with E-state index in [1.54, 1.807) is 0 Å². The van der Waals surface area contributed by atoms with Crippen LogP contribution in [0.4, 0.5) is 0 Å². The number of carbonyl (C=O) groups excluding carboxylic acids is 1. The molecule has 2 rings (SSSR count). The molecule has 0 bridgehead atoms. The molecule has 0 aliphatic carbocycles. The number of aromatic nitrogens is 1. The van der Waals surface area contributed by atoms with Gasteiger partial charge >= 0.3 is 0 Å². The van der Waals surface area contributed by atoms with Crippen molar-refractivity contribution in [2.24, 2.45) is 5.92 Å². The Kier molecular flexibility index (Phi) is 4.30. The van der Waals surface area contributed by atoms with Gasteiger partial charge in [0.05, 0.1) is 5.56 Å². The van der Waals surface area contributed by atoms with Crippen molar-refractivity contribution in [3.63, 3.8) is 0 Å². The van der Waals surface area contributed by atoms with Crippen molar-refractivity contribution in [3.05, 3.63) is 23.0 Å². The second-order valence-corrected chi connectivity index (χ2v) is 5.47. The van der Waals surface area contributed by atoms with E-state index >= 15 is 0 Å². The predicted molar refractivity (Wildman–Crippen MR) is 75.3 cm³/mol. The average Bonchev–Trinajstić information content (AvgIpc) is 2.72. The molecule has 1 unspecified atom stereocenters. The van der Waals surface area contributed by atoms with Gasteiger partial charge in [0.15, 0.2) is 0 Å². The highest BCUT2D eigenvalue weighted by atomic mass is 16.3. The number of aryl methyl sites for hydroxylation is 1.